The molecule has 0 aliphatic heterocycles. The predicted molar refractivity (Wildman–Crippen MR) is 83.7 cm³/mol. The number of hydrogen-bond acceptors (Lipinski definition) is 4. The van der Waals surface area contributed by atoms with Crippen molar-refractivity contribution in [2.24, 2.45) is 0 Å². The molecule has 0 unspecified atom stereocenters. The molecule has 2 rings (SSSR count). The maximum atomic E-state index is 12.6. The van der Waals surface area contributed by atoms with Crippen LogP contribution in [0.3, 0.4) is 0 Å². The molecule has 6 nitrogen and oxygen atoms in total. The molecule has 1 aromatic carbocycles. The third kappa shape index (κ3) is 4.83. The highest BCUT2D eigenvalue weighted by molar-refractivity contribution is 5.89. The Kier molecular flexibility index (Phi) is 5.22. The number of hydrogen-bond donors (Lipinski definition) is 2. The molecule has 2 N–H and O–H groups in total. The van der Waals surface area contributed by atoms with Crippen molar-refractivity contribution in [3.05, 3.63) is 47.9 Å². The van der Waals surface area contributed by atoms with E-state index in [-0.39, 0.29) is 12.2 Å². The Hall–Kier alpha value is -2.84. The highest BCUT2D eigenvalue weighted by Gasteiger charge is 2.30. The average molecular weight is 339 g/mol. The van der Waals surface area contributed by atoms with E-state index in [2.05, 4.69) is 20.6 Å². The second kappa shape index (κ2) is 7.16. The first-order chi connectivity index (χ1) is 11.3. The second-order valence-corrected chi connectivity index (χ2v) is 5.11. The number of carbonyl (C=O) groups is 1. The number of benzene rings is 1. The fourth-order valence-electron chi connectivity index (χ4n) is 1.83. The lowest BCUT2D eigenvalue weighted by molar-refractivity contribution is -0.137. The van der Waals surface area contributed by atoms with E-state index in [0.717, 1.165) is 12.1 Å². The van der Waals surface area contributed by atoms with Crippen molar-refractivity contribution in [1.29, 1.82) is 0 Å². The first-order valence-electron chi connectivity index (χ1n) is 6.97. The summed E-state index contributed by atoms with van der Waals surface area (Å²) >= 11 is 0. The van der Waals surface area contributed by atoms with Crippen molar-refractivity contribution in [2.45, 2.75) is 12.7 Å². The minimum atomic E-state index is -4.46. The van der Waals surface area contributed by atoms with Crippen molar-refractivity contribution < 1.29 is 18.0 Å². The van der Waals surface area contributed by atoms with Gasteiger partial charge in [0.2, 0.25) is 0 Å². The quantitative estimate of drug-likeness (QED) is 0.899. The molecule has 9 heteroatoms. The van der Waals surface area contributed by atoms with Gasteiger partial charge in [-0.25, -0.2) is 14.8 Å². The van der Waals surface area contributed by atoms with Crippen LogP contribution in [0.4, 0.5) is 29.5 Å². The first kappa shape index (κ1) is 17.5. The molecule has 128 valence electrons. The molecular weight excluding hydrogens is 323 g/mol. The topological polar surface area (TPSA) is 70.2 Å². The van der Waals surface area contributed by atoms with Gasteiger partial charge in [0.25, 0.3) is 0 Å². The Bertz CT molecular complexity index is 718. The van der Waals surface area contributed by atoms with Crippen LogP contribution in [0.1, 0.15) is 11.4 Å². The minimum absolute atomic E-state index is 0.0466. The van der Waals surface area contributed by atoms with Gasteiger partial charge in [0.15, 0.2) is 0 Å². The summed E-state index contributed by atoms with van der Waals surface area (Å²) in [5.41, 5.74) is -0.785. The average Bonchev–Trinajstić information content (AvgIpc) is 2.52. The van der Waals surface area contributed by atoms with Crippen LogP contribution in [0.5, 0.6) is 0 Å². The summed E-state index contributed by atoms with van der Waals surface area (Å²) in [6.07, 6.45) is -2.90. The van der Waals surface area contributed by atoms with E-state index in [1.54, 1.807) is 17.2 Å². The van der Waals surface area contributed by atoms with E-state index in [0.29, 0.717) is 11.6 Å². The predicted octanol–water partition coefficient (Wildman–Crippen LogP) is 2.88. The molecule has 0 saturated heterocycles. The Morgan fingerprint density at radius 3 is 2.67 bits per heavy atom. The summed E-state index contributed by atoms with van der Waals surface area (Å²) in [6, 6.07) is 5.46. The van der Waals surface area contributed by atoms with Crippen molar-refractivity contribution in [1.82, 2.24) is 15.3 Å². The molecule has 1 heterocycles. The lowest BCUT2D eigenvalue weighted by Crippen LogP contribution is -2.29. The normalized spacial score (nSPS) is 11.0. The third-order valence-electron chi connectivity index (χ3n) is 3.00. The van der Waals surface area contributed by atoms with E-state index < -0.39 is 17.8 Å². The van der Waals surface area contributed by atoms with E-state index in [4.69, 9.17) is 0 Å². The number of aromatic nitrogens is 2. The zero-order valence-electron chi connectivity index (χ0n) is 13.1. The number of carbonyl (C=O) groups excluding carboxylic acids is 1. The zero-order valence-corrected chi connectivity index (χ0v) is 13.1. The molecule has 0 bridgehead atoms. The smallest absolute Gasteiger partial charge is 0.363 e. The van der Waals surface area contributed by atoms with Crippen molar-refractivity contribution in [3.63, 3.8) is 0 Å². The lowest BCUT2D eigenvalue weighted by atomic mass is 10.2. The van der Waals surface area contributed by atoms with Gasteiger partial charge in [-0.15, -0.1) is 0 Å². The molecule has 0 fully saturated rings. The standard InChI is InChI=1S/C15H16F3N5O/c1-23(2)13-6-7-19-12(22-13)9-20-14(24)21-11-5-3-4-10(8-11)15(16,17)18/h3-8H,9H2,1-2H3,(H2,20,21,24). The maximum absolute atomic E-state index is 12.6. The highest BCUT2D eigenvalue weighted by atomic mass is 19.4. The molecule has 24 heavy (non-hydrogen) atoms. The highest BCUT2D eigenvalue weighted by Crippen LogP contribution is 2.30. The maximum Gasteiger partial charge on any atom is 0.416 e. The van der Waals surface area contributed by atoms with Gasteiger partial charge in [0.1, 0.15) is 11.6 Å². The van der Waals surface area contributed by atoms with E-state index in [1.165, 1.54) is 12.1 Å². The van der Waals surface area contributed by atoms with Crippen LogP contribution in [-0.2, 0) is 12.7 Å². The third-order valence-corrected chi connectivity index (χ3v) is 3.00. The van der Waals surface area contributed by atoms with E-state index in [1.807, 2.05) is 14.1 Å². The largest absolute Gasteiger partial charge is 0.416 e. The van der Waals surface area contributed by atoms with Gasteiger partial charge in [-0.05, 0) is 24.3 Å². The number of alkyl halides is 3. The lowest BCUT2D eigenvalue weighted by Gasteiger charge is -2.12. The van der Waals surface area contributed by atoms with Crippen LogP contribution in [-0.4, -0.2) is 30.1 Å². The molecular formula is C15H16F3N5O. The zero-order chi connectivity index (χ0) is 17.7. The first-order valence-corrected chi connectivity index (χ1v) is 6.97. The Labute approximate surface area is 136 Å². The van der Waals surface area contributed by atoms with Crippen molar-refractivity contribution in [3.8, 4) is 0 Å². The van der Waals surface area contributed by atoms with Crippen LogP contribution in [0.2, 0.25) is 0 Å². The van der Waals surface area contributed by atoms with Gasteiger partial charge >= 0.3 is 12.2 Å². The molecule has 2 aromatic rings. The Morgan fingerprint density at radius 1 is 1.25 bits per heavy atom. The summed E-state index contributed by atoms with van der Waals surface area (Å²) in [7, 11) is 3.64. The van der Waals surface area contributed by atoms with Crippen LogP contribution in [0.15, 0.2) is 36.5 Å². The van der Waals surface area contributed by atoms with Crippen molar-refractivity contribution in [2.75, 3.05) is 24.3 Å². The van der Waals surface area contributed by atoms with Crippen LogP contribution in [0.25, 0.3) is 0 Å². The van der Waals surface area contributed by atoms with Crippen LogP contribution < -0.4 is 15.5 Å². The number of anilines is 2. The molecule has 2 amide bonds. The number of nitrogens with zero attached hydrogens (tertiary/aromatic N) is 3. The SMILES string of the molecule is CN(C)c1ccnc(CNC(=O)Nc2cccc(C(F)(F)F)c2)n1. The summed E-state index contributed by atoms with van der Waals surface area (Å²) in [5.74, 6) is 1.07. The van der Waals surface area contributed by atoms with Crippen molar-refractivity contribution >= 4 is 17.5 Å². The summed E-state index contributed by atoms with van der Waals surface area (Å²) in [5, 5.41) is 4.84. The van der Waals surface area contributed by atoms with Gasteiger partial charge in [0.05, 0.1) is 12.1 Å². The van der Waals surface area contributed by atoms with E-state index >= 15 is 0 Å². The molecule has 0 radical (unpaired) electrons. The summed E-state index contributed by atoms with van der Waals surface area (Å²) in [4.78, 5) is 21.8. The van der Waals surface area contributed by atoms with E-state index in [9.17, 15) is 18.0 Å². The van der Waals surface area contributed by atoms with Crippen LogP contribution >= 0.6 is 0 Å². The molecule has 0 atom stereocenters. The van der Waals surface area contributed by atoms with Gasteiger partial charge in [-0.1, -0.05) is 6.07 Å². The fraction of sp³-hybridized carbons (Fsp3) is 0.267. The van der Waals surface area contributed by atoms with Gasteiger partial charge in [0, 0.05) is 26.0 Å². The second-order valence-electron chi connectivity index (χ2n) is 5.11. The Morgan fingerprint density at radius 2 is 2.00 bits per heavy atom. The molecule has 1 aromatic heterocycles. The molecule has 0 saturated carbocycles. The van der Waals surface area contributed by atoms with Gasteiger partial charge in [-0.3, -0.25) is 0 Å². The van der Waals surface area contributed by atoms with Gasteiger partial charge in [-0.2, -0.15) is 13.2 Å². The number of rotatable bonds is 4. The number of nitrogens with one attached hydrogen (secondary N) is 2. The fourth-order valence-corrected chi connectivity index (χ4v) is 1.83. The molecule has 0 spiro atoms. The summed E-state index contributed by atoms with van der Waals surface area (Å²) < 4.78 is 37.9. The number of halogens is 3. The van der Waals surface area contributed by atoms with Crippen LogP contribution in [0, 0.1) is 0 Å². The summed E-state index contributed by atoms with van der Waals surface area (Å²) in [6.45, 7) is 0.0481. The molecule has 0 aliphatic carbocycles. The Balaban J connectivity index is 1.95. The number of urea groups is 1. The number of amides is 2. The minimum Gasteiger partial charge on any atom is -0.363 e. The van der Waals surface area contributed by atoms with Gasteiger partial charge < -0.3 is 15.5 Å². The molecule has 0 aliphatic rings. The monoisotopic (exact) mass is 339 g/mol.